The van der Waals surface area contributed by atoms with Crippen LogP contribution in [0, 0.1) is 0 Å². The van der Waals surface area contributed by atoms with Gasteiger partial charge in [0.1, 0.15) is 19.3 Å². The highest BCUT2D eigenvalue weighted by Gasteiger charge is 2.30. The summed E-state index contributed by atoms with van der Waals surface area (Å²) in [5.41, 5.74) is 0. The molecule has 0 aromatic heterocycles. The first kappa shape index (κ1) is 98.0. The maximum absolute atomic E-state index is 13.1. The maximum atomic E-state index is 13.1. The molecule has 0 saturated carbocycles. The van der Waals surface area contributed by atoms with Gasteiger partial charge in [-0.3, -0.25) is 37.3 Å². The van der Waals surface area contributed by atoms with E-state index in [0.717, 1.165) is 154 Å². The average Bonchev–Trinajstić information content (AvgIpc) is 1.21. The van der Waals surface area contributed by atoms with E-state index in [4.69, 9.17) is 37.0 Å². The first-order valence-corrected chi connectivity index (χ1v) is 43.5. The van der Waals surface area contributed by atoms with Crippen molar-refractivity contribution in [2.24, 2.45) is 0 Å². The minimum atomic E-state index is -5.00. The molecule has 0 fully saturated rings. The van der Waals surface area contributed by atoms with Gasteiger partial charge in [0.2, 0.25) is 0 Å². The van der Waals surface area contributed by atoms with Crippen molar-refractivity contribution in [1.82, 2.24) is 0 Å². The number of carbonyl (C=O) groups is 4. The second-order valence-corrected chi connectivity index (χ2v) is 29.9. The van der Waals surface area contributed by atoms with E-state index in [9.17, 15) is 43.2 Å². The van der Waals surface area contributed by atoms with Gasteiger partial charge in [-0.05, 0) is 141 Å². The van der Waals surface area contributed by atoms with Crippen molar-refractivity contribution in [1.29, 1.82) is 0 Å². The van der Waals surface area contributed by atoms with E-state index < -0.39 is 97.5 Å². The molecular weight excluding hydrogens is 1330 g/mol. The SMILES string of the molecule is CCCCC/C=C\C/C=C\C/C=C\C/C=C\C/C=C\CCC(=O)O[C@H](COC(=O)CCCCCCCCC/C=C\CCCCCC)COP(=O)(O)OC[C@@H](O)COP(=O)(O)OC[C@@H](COC(=O)CCCCCCC/C=C\CCCCCC)OC(=O)CCCCCCCCC/C=C\CCCCCC. The highest BCUT2D eigenvalue weighted by molar-refractivity contribution is 7.47. The molecule has 0 radical (unpaired) electrons. The summed E-state index contributed by atoms with van der Waals surface area (Å²) < 4.78 is 68.5. The molecule has 0 aliphatic rings. The molecule has 17 nitrogen and oxygen atoms in total. The number of phosphoric acid groups is 2. The van der Waals surface area contributed by atoms with Crippen molar-refractivity contribution >= 4 is 39.5 Å². The Hall–Kier alpha value is -4.02. The molecule has 0 rings (SSSR count). The van der Waals surface area contributed by atoms with Crippen LogP contribution >= 0.6 is 15.6 Å². The van der Waals surface area contributed by atoms with E-state index in [1.807, 2.05) is 18.2 Å². The van der Waals surface area contributed by atoms with Gasteiger partial charge >= 0.3 is 39.5 Å². The average molecular weight is 1480 g/mol. The number of carbonyl (C=O) groups excluding carboxylic acids is 4. The second-order valence-electron chi connectivity index (χ2n) is 27.0. The Labute approximate surface area is 620 Å². The summed E-state index contributed by atoms with van der Waals surface area (Å²) in [5.74, 6) is -2.27. The molecule has 0 aromatic carbocycles. The summed E-state index contributed by atoms with van der Waals surface area (Å²) in [6, 6.07) is 0. The van der Waals surface area contributed by atoms with Gasteiger partial charge in [-0.1, -0.05) is 279 Å². The zero-order valence-electron chi connectivity index (χ0n) is 64.5. The van der Waals surface area contributed by atoms with E-state index in [1.165, 1.54) is 109 Å². The van der Waals surface area contributed by atoms with Gasteiger partial charge in [0.25, 0.3) is 0 Å². The van der Waals surface area contributed by atoms with Crippen LogP contribution in [0.15, 0.2) is 97.2 Å². The summed E-state index contributed by atoms with van der Waals surface area (Å²) in [6.07, 6.45) is 79.7. The summed E-state index contributed by atoms with van der Waals surface area (Å²) in [5, 5.41) is 10.6. The summed E-state index contributed by atoms with van der Waals surface area (Å²) >= 11 is 0. The fourth-order valence-electron chi connectivity index (χ4n) is 10.8. The fraction of sp³-hybridized carbons (Fsp3) is 0.759. The largest absolute Gasteiger partial charge is 0.472 e. The molecule has 2 unspecified atom stereocenters. The molecule has 0 aliphatic heterocycles. The third-order valence-electron chi connectivity index (χ3n) is 17.0. The normalized spacial score (nSPS) is 14.4. The summed E-state index contributed by atoms with van der Waals surface area (Å²) in [7, 11) is -9.98. The Kier molecular flexibility index (Phi) is 72.3. The smallest absolute Gasteiger partial charge is 0.462 e. The van der Waals surface area contributed by atoms with E-state index in [-0.39, 0.29) is 25.7 Å². The van der Waals surface area contributed by atoms with Gasteiger partial charge in [-0.2, -0.15) is 0 Å². The zero-order chi connectivity index (χ0) is 74.6. The molecule has 5 atom stereocenters. The van der Waals surface area contributed by atoms with Crippen molar-refractivity contribution in [3.63, 3.8) is 0 Å². The third kappa shape index (κ3) is 74.3. The monoisotopic (exact) mass is 1480 g/mol. The van der Waals surface area contributed by atoms with Crippen LogP contribution in [0.2, 0.25) is 0 Å². The molecule has 102 heavy (non-hydrogen) atoms. The molecule has 0 heterocycles. The lowest BCUT2D eigenvalue weighted by atomic mass is 10.1. The highest BCUT2D eigenvalue weighted by atomic mass is 31.2. The standard InChI is InChI=1S/C83H146O17P2/c1-5-9-13-17-21-25-29-33-36-37-38-39-42-46-50-54-58-62-66-70-83(88)100-79(74-94-81(86)68-64-60-56-52-48-44-40-34-30-26-22-18-14-10-6-2)76-98-102(91,92)96-72-77(84)71-95-101(89,90)97-75-78(73-93-80(85)67-63-59-55-51-47-43-32-28-24-20-16-12-8-4)99-82(87)69-65-61-57-53-49-45-41-35-31-27-23-19-15-11-7-3/h21,25-28,30-33,36,38-39,46,50,58,62,77-79,84H,5-20,22-24,29,34-35,37,40-45,47-49,51-57,59-61,63-76H2,1-4H3,(H,89,90)(H,91,92)/b25-21-,30-26-,31-27-,32-28-,36-33-,39-38-,50-46-,62-58-/t77-,78+,79+/m0/s1. The van der Waals surface area contributed by atoms with Crippen LogP contribution in [-0.2, 0) is 65.4 Å². The number of unbranched alkanes of at least 4 members (excludes halogenated alkanes) is 34. The topological polar surface area (TPSA) is 237 Å². The summed E-state index contributed by atoms with van der Waals surface area (Å²) in [6.45, 7) is 4.74. The number of hydrogen-bond donors (Lipinski definition) is 3. The van der Waals surface area contributed by atoms with E-state index >= 15 is 0 Å². The number of ether oxygens (including phenoxy) is 4. The van der Waals surface area contributed by atoms with Crippen LogP contribution < -0.4 is 0 Å². The molecule has 0 spiro atoms. The van der Waals surface area contributed by atoms with Gasteiger partial charge < -0.3 is 33.8 Å². The van der Waals surface area contributed by atoms with Crippen LogP contribution in [0.25, 0.3) is 0 Å². The van der Waals surface area contributed by atoms with Gasteiger partial charge in [0, 0.05) is 25.7 Å². The number of allylic oxidation sites excluding steroid dienone is 16. The first-order valence-electron chi connectivity index (χ1n) is 40.5. The molecule has 0 bridgehead atoms. The minimum Gasteiger partial charge on any atom is -0.462 e. The molecule has 19 heteroatoms. The molecule has 0 amide bonds. The van der Waals surface area contributed by atoms with Gasteiger partial charge in [0.15, 0.2) is 12.2 Å². The molecular formula is C83H146O17P2. The second kappa shape index (κ2) is 75.2. The lowest BCUT2D eigenvalue weighted by Gasteiger charge is -2.21. The molecule has 0 aliphatic carbocycles. The quantitative estimate of drug-likeness (QED) is 0.0169. The number of phosphoric ester groups is 2. The van der Waals surface area contributed by atoms with Crippen molar-refractivity contribution in [3.8, 4) is 0 Å². The highest BCUT2D eigenvalue weighted by Crippen LogP contribution is 2.45. The van der Waals surface area contributed by atoms with Gasteiger partial charge in [0.05, 0.1) is 26.4 Å². The number of aliphatic hydroxyl groups excluding tert-OH is 1. The lowest BCUT2D eigenvalue weighted by molar-refractivity contribution is -0.161. The van der Waals surface area contributed by atoms with Crippen molar-refractivity contribution in [2.45, 2.75) is 367 Å². The van der Waals surface area contributed by atoms with E-state index in [2.05, 4.69) is 107 Å². The van der Waals surface area contributed by atoms with Crippen LogP contribution in [0.3, 0.4) is 0 Å². The van der Waals surface area contributed by atoms with Crippen molar-refractivity contribution in [3.05, 3.63) is 97.2 Å². The van der Waals surface area contributed by atoms with Gasteiger partial charge in [-0.15, -0.1) is 0 Å². The molecule has 590 valence electrons. The predicted octanol–water partition coefficient (Wildman–Crippen LogP) is 23.6. The maximum Gasteiger partial charge on any atom is 0.472 e. The van der Waals surface area contributed by atoms with Crippen LogP contribution in [0.5, 0.6) is 0 Å². The number of aliphatic hydroxyl groups is 1. The first-order chi connectivity index (χ1) is 49.7. The fourth-order valence-corrected chi connectivity index (χ4v) is 12.4. The van der Waals surface area contributed by atoms with E-state index in [0.29, 0.717) is 32.1 Å². The predicted molar refractivity (Wildman–Crippen MR) is 418 cm³/mol. The van der Waals surface area contributed by atoms with Crippen LogP contribution in [-0.4, -0.2) is 96.7 Å². The lowest BCUT2D eigenvalue weighted by Crippen LogP contribution is -2.30. The Morgan fingerprint density at radius 2 is 0.500 bits per heavy atom. The molecule has 3 N–H and O–H groups in total. The van der Waals surface area contributed by atoms with E-state index in [1.54, 1.807) is 0 Å². The number of hydrogen-bond acceptors (Lipinski definition) is 15. The van der Waals surface area contributed by atoms with Crippen LogP contribution in [0.4, 0.5) is 0 Å². The van der Waals surface area contributed by atoms with Crippen molar-refractivity contribution < 1.29 is 80.2 Å². The number of esters is 4. The Morgan fingerprint density at radius 1 is 0.275 bits per heavy atom. The van der Waals surface area contributed by atoms with Crippen LogP contribution in [0.1, 0.15) is 349 Å². The molecule has 0 saturated heterocycles. The zero-order valence-corrected chi connectivity index (χ0v) is 66.3. The molecule has 0 aromatic rings. The third-order valence-corrected chi connectivity index (χ3v) is 18.9. The number of rotatable bonds is 76. The Balaban J connectivity index is 5.42. The summed E-state index contributed by atoms with van der Waals surface area (Å²) in [4.78, 5) is 73.0. The van der Waals surface area contributed by atoms with Crippen molar-refractivity contribution in [2.75, 3.05) is 39.6 Å². The minimum absolute atomic E-state index is 0.0286. The Bertz CT molecular complexity index is 2310. The van der Waals surface area contributed by atoms with Gasteiger partial charge in [-0.25, -0.2) is 9.13 Å². The Morgan fingerprint density at radius 3 is 0.824 bits per heavy atom.